The van der Waals surface area contributed by atoms with Gasteiger partial charge in [0.1, 0.15) is 0 Å². The van der Waals surface area contributed by atoms with Crippen LogP contribution in [0.4, 0.5) is 0 Å². The number of hydrogen-bond acceptors (Lipinski definition) is 2. The Morgan fingerprint density at radius 2 is 1.53 bits per heavy atom. The second-order valence-corrected chi connectivity index (χ2v) is 5.75. The highest BCUT2D eigenvalue weighted by atomic mass is 16.7. The van der Waals surface area contributed by atoms with Gasteiger partial charge in [0.25, 0.3) is 0 Å². The third-order valence-corrected chi connectivity index (χ3v) is 4.08. The second kappa shape index (κ2) is 3.36. The highest BCUT2D eigenvalue weighted by Gasteiger charge is 2.52. The van der Waals surface area contributed by atoms with E-state index in [4.69, 9.17) is 9.31 Å². The van der Waals surface area contributed by atoms with Crippen LogP contribution in [0.15, 0.2) is 11.0 Å². The fourth-order valence-electron chi connectivity index (χ4n) is 2.22. The average Bonchev–Trinajstić information content (AvgIpc) is 2.55. The first-order valence-corrected chi connectivity index (χ1v) is 5.88. The second-order valence-electron chi connectivity index (χ2n) is 5.75. The predicted molar refractivity (Wildman–Crippen MR) is 62.6 cm³/mol. The molecule has 1 saturated heterocycles. The quantitative estimate of drug-likeness (QED) is 0.616. The summed E-state index contributed by atoms with van der Waals surface area (Å²) in [5, 5.41) is 0. The molecule has 1 aliphatic heterocycles. The van der Waals surface area contributed by atoms with Crippen LogP contribution < -0.4 is 0 Å². The van der Waals surface area contributed by atoms with Crippen molar-refractivity contribution < 1.29 is 9.31 Å². The predicted octanol–water partition coefficient (Wildman–Crippen LogP) is 3.12. The molecule has 0 spiro atoms. The molecule has 1 fully saturated rings. The van der Waals surface area contributed by atoms with Crippen LogP contribution in [0.3, 0.4) is 0 Å². The van der Waals surface area contributed by atoms with Crippen LogP contribution in [0.2, 0.25) is 0 Å². The van der Waals surface area contributed by atoms with Gasteiger partial charge < -0.3 is 9.31 Å². The molecule has 2 nitrogen and oxygen atoms in total. The molecule has 0 aromatic rings. The van der Waals surface area contributed by atoms with Gasteiger partial charge in [-0.1, -0.05) is 5.57 Å². The lowest BCUT2D eigenvalue weighted by molar-refractivity contribution is 0.00578. The first-order valence-electron chi connectivity index (χ1n) is 5.88. The van der Waals surface area contributed by atoms with Gasteiger partial charge in [-0.25, -0.2) is 0 Å². The minimum Gasteiger partial charge on any atom is -0.400 e. The van der Waals surface area contributed by atoms with E-state index in [1.54, 1.807) is 0 Å². The van der Waals surface area contributed by atoms with Crippen LogP contribution in [-0.4, -0.2) is 18.3 Å². The molecular weight excluding hydrogens is 187 g/mol. The van der Waals surface area contributed by atoms with E-state index in [2.05, 4.69) is 34.6 Å². The fraction of sp³-hybridized carbons (Fsp3) is 0.833. The lowest BCUT2D eigenvalue weighted by Crippen LogP contribution is -2.41. The Balaban J connectivity index is 2.20. The maximum Gasteiger partial charge on any atom is 0.490 e. The molecule has 1 heterocycles. The molecule has 0 atom stereocenters. The molecule has 0 radical (unpaired) electrons. The van der Waals surface area contributed by atoms with Crippen LogP contribution in [0.5, 0.6) is 0 Å². The Hall–Kier alpha value is -0.275. The Morgan fingerprint density at radius 3 is 1.93 bits per heavy atom. The number of rotatable bonds is 1. The highest BCUT2D eigenvalue weighted by Crippen LogP contribution is 2.41. The van der Waals surface area contributed by atoms with E-state index in [1.165, 1.54) is 23.9 Å². The van der Waals surface area contributed by atoms with Gasteiger partial charge in [-0.3, -0.25) is 0 Å². The lowest BCUT2D eigenvalue weighted by atomic mass is 9.76. The van der Waals surface area contributed by atoms with Crippen molar-refractivity contribution in [2.75, 3.05) is 0 Å². The Kier molecular flexibility index (Phi) is 2.51. The van der Waals surface area contributed by atoms with Gasteiger partial charge in [0.2, 0.25) is 0 Å². The van der Waals surface area contributed by atoms with Gasteiger partial charge in [0.05, 0.1) is 11.2 Å². The molecule has 3 heteroatoms. The zero-order valence-corrected chi connectivity index (χ0v) is 10.5. The van der Waals surface area contributed by atoms with Gasteiger partial charge in [0.15, 0.2) is 0 Å². The molecule has 15 heavy (non-hydrogen) atoms. The Bertz CT molecular complexity index is 289. The van der Waals surface area contributed by atoms with Crippen LogP contribution in [0, 0.1) is 0 Å². The Labute approximate surface area is 93.2 Å². The van der Waals surface area contributed by atoms with Crippen LogP contribution >= 0.6 is 0 Å². The molecule has 0 amide bonds. The third-order valence-electron chi connectivity index (χ3n) is 4.08. The van der Waals surface area contributed by atoms with Crippen LogP contribution in [0.25, 0.3) is 0 Å². The molecule has 1 aliphatic carbocycles. The summed E-state index contributed by atoms with van der Waals surface area (Å²) in [5.74, 6) is 0. The highest BCUT2D eigenvalue weighted by molar-refractivity contribution is 6.54. The van der Waals surface area contributed by atoms with E-state index in [9.17, 15) is 0 Å². The molecule has 0 unspecified atom stereocenters. The summed E-state index contributed by atoms with van der Waals surface area (Å²) in [6, 6.07) is 0. The smallest absolute Gasteiger partial charge is 0.400 e. The van der Waals surface area contributed by atoms with E-state index in [-0.39, 0.29) is 18.3 Å². The van der Waals surface area contributed by atoms with Crippen LogP contribution in [-0.2, 0) is 9.31 Å². The minimum atomic E-state index is -0.201. The number of hydrogen-bond donors (Lipinski definition) is 0. The molecule has 0 saturated carbocycles. The van der Waals surface area contributed by atoms with Gasteiger partial charge in [-0.15, -0.1) is 0 Å². The molecule has 0 aromatic heterocycles. The molecule has 84 valence electrons. The van der Waals surface area contributed by atoms with Gasteiger partial charge in [-0.05, 0) is 59.4 Å². The summed E-state index contributed by atoms with van der Waals surface area (Å²) in [6.07, 6.45) is 3.60. The zero-order chi connectivity index (χ0) is 11.3. The van der Waals surface area contributed by atoms with Crippen molar-refractivity contribution in [2.45, 2.75) is 65.1 Å². The molecule has 2 rings (SSSR count). The van der Waals surface area contributed by atoms with E-state index in [0.717, 1.165) is 6.42 Å². The topological polar surface area (TPSA) is 18.5 Å². The summed E-state index contributed by atoms with van der Waals surface area (Å²) >= 11 is 0. The number of allylic oxidation sites excluding steroid dienone is 2. The minimum absolute atomic E-state index is 0.0995. The van der Waals surface area contributed by atoms with E-state index in [0.29, 0.717) is 0 Å². The van der Waals surface area contributed by atoms with E-state index >= 15 is 0 Å². The summed E-state index contributed by atoms with van der Waals surface area (Å²) in [6.45, 7) is 10.6. The first kappa shape index (κ1) is 11.2. The van der Waals surface area contributed by atoms with Crippen molar-refractivity contribution >= 4 is 7.12 Å². The van der Waals surface area contributed by atoms with Gasteiger partial charge in [0, 0.05) is 0 Å². The van der Waals surface area contributed by atoms with Crippen molar-refractivity contribution in [3.63, 3.8) is 0 Å². The van der Waals surface area contributed by atoms with Crippen molar-refractivity contribution in [3.05, 3.63) is 11.0 Å². The summed E-state index contributed by atoms with van der Waals surface area (Å²) < 4.78 is 12.1. The SMILES string of the molecule is CC1=C(B2OC(C)(C)C(C)(C)O2)CCC1. The lowest BCUT2D eigenvalue weighted by Gasteiger charge is -2.32. The molecular formula is C12H21BO2. The van der Waals surface area contributed by atoms with E-state index < -0.39 is 0 Å². The standard InChI is InChI=1S/C12H21BO2/c1-9-7-6-8-10(9)13-14-11(2,3)12(4,5)15-13/h6-8H2,1-5H3. The molecule has 0 N–H and O–H groups in total. The largest absolute Gasteiger partial charge is 0.490 e. The molecule has 2 aliphatic rings. The summed E-state index contributed by atoms with van der Waals surface area (Å²) in [7, 11) is -0.0995. The van der Waals surface area contributed by atoms with Gasteiger partial charge in [-0.2, -0.15) is 0 Å². The maximum atomic E-state index is 6.04. The fourth-order valence-corrected chi connectivity index (χ4v) is 2.22. The van der Waals surface area contributed by atoms with Gasteiger partial charge >= 0.3 is 7.12 Å². The zero-order valence-electron chi connectivity index (χ0n) is 10.5. The maximum absolute atomic E-state index is 6.04. The van der Waals surface area contributed by atoms with Crippen LogP contribution in [0.1, 0.15) is 53.9 Å². The van der Waals surface area contributed by atoms with E-state index in [1.807, 2.05) is 0 Å². The van der Waals surface area contributed by atoms with Crippen molar-refractivity contribution in [2.24, 2.45) is 0 Å². The van der Waals surface area contributed by atoms with Crippen molar-refractivity contribution in [3.8, 4) is 0 Å². The Morgan fingerprint density at radius 1 is 1.00 bits per heavy atom. The summed E-state index contributed by atoms with van der Waals surface area (Å²) in [5.41, 5.74) is 2.45. The third kappa shape index (κ3) is 1.76. The first-order chi connectivity index (χ1) is 6.83. The monoisotopic (exact) mass is 208 g/mol. The molecule has 0 aromatic carbocycles. The average molecular weight is 208 g/mol. The molecule has 0 bridgehead atoms. The normalized spacial score (nSPS) is 29.0. The van der Waals surface area contributed by atoms with Crippen molar-refractivity contribution in [1.82, 2.24) is 0 Å². The van der Waals surface area contributed by atoms with Crippen molar-refractivity contribution in [1.29, 1.82) is 0 Å². The summed E-state index contributed by atoms with van der Waals surface area (Å²) in [4.78, 5) is 0.